The minimum atomic E-state index is -3.62. The zero-order valence-corrected chi connectivity index (χ0v) is 12.7. The third-order valence-corrected chi connectivity index (χ3v) is 3.85. The summed E-state index contributed by atoms with van der Waals surface area (Å²) in [6.45, 7) is 2.01. The van der Waals surface area contributed by atoms with E-state index in [4.69, 9.17) is 0 Å². The molecule has 12 heteroatoms. The van der Waals surface area contributed by atoms with Crippen molar-refractivity contribution in [3.05, 3.63) is 0 Å². The number of imide groups is 4. The van der Waals surface area contributed by atoms with E-state index in [9.17, 15) is 39.0 Å². The highest BCUT2D eigenvalue weighted by Crippen LogP contribution is 2.32. The van der Waals surface area contributed by atoms with Gasteiger partial charge in [0.1, 0.15) is 0 Å². The predicted molar refractivity (Wildman–Crippen MR) is 71.8 cm³/mol. The predicted octanol–water partition coefficient (Wildman–Crippen LogP) is -3.35. The van der Waals surface area contributed by atoms with Crippen LogP contribution in [-0.4, -0.2) is 80.0 Å². The van der Waals surface area contributed by atoms with Crippen LogP contribution in [0.4, 0.5) is 9.59 Å². The zero-order valence-electron chi connectivity index (χ0n) is 12.7. The molecule has 0 radical (unpaired) electrons. The molecular formula is C12H14N4O8. The van der Waals surface area contributed by atoms with E-state index < -0.39 is 46.9 Å². The third kappa shape index (κ3) is 1.86. The first-order valence-corrected chi connectivity index (χ1v) is 6.86. The normalized spacial score (nSPS) is 31.3. The van der Waals surface area contributed by atoms with Crippen molar-refractivity contribution < 1.29 is 39.0 Å². The molecule has 24 heavy (non-hydrogen) atoms. The quantitative estimate of drug-likeness (QED) is 0.385. The maximum Gasteiger partial charge on any atom is 0.330 e. The number of hydrogen-bond donors (Lipinski definition) is 4. The molecule has 0 aromatic carbocycles. The van der Waals surface area contributed by atoms with Crippen molar-refractivity contribution >= 4 is 35.7 Å². The van der Waals surface area contributed by atoms with Crippen molar-refractivity contribution in [1.82, 2.24) is 20.4 Å². The van der Waals surface area contributed by atoms with Gasteiger partial charge in [-0.05, 0) is 13.8 Å². The molecule has 2 aliphatic rings. The van der Waals surface area contributed by atoms with Gasteiger partial charge in [0, 0.05) is 13.1 Å². The first kappa shape index (κ1) is 17.5. The van der Waals surface area contributed by atoms with E-state index in [0.717, 1.165) is 0 Å². The lowest BCUT2D eigenvalue weighted by atomic mass is 9.76. The van der Waals surface area contributed by atoms with E-state index in [-0.39, 0.29) is 13.1 Å². The van der Waals surface area contributed by atoms with Crippen molar-refractivity contribution in [3.63, 3.8) is 0 Å². The van der Waals surface area contributed by atoms with Gasteiger partial charge < -0.3 is 10.2 Å². The summed E-state index contributed by atoms with van der Waals surface area (Å²) in [5.74, 6) is -6.82. The maximum absolute atomic E-state index is 12.4. The van der Waals surface area contributed by atoms with Gasteiger partial charge in [0.25, 0.3) is 34.8 Å². The van der Waals surface area contributed by atoms with E-state index in [1.54, 1.807) is 10.6 Å². The van der Waals surface area contributed by atoms with Gasteiger partial charge in [-0.15, -0.1) is 0 Å². The molecule has 2 fully saturated rings. The molecule has 130 valence electrons. The van der Waals surface area contributed by atoms with E-state index in [2.05, 4.69) is 0 Å². The molecule has 4 N–H and O–H groups in total. The molecule has 0 bridgehead atoms. The van der Waals surface area contributed by atoms with Crippen LogP contribution in [0.25, 0.3) is 0 Å². The fourth-order valence-electron chi connectivity index (χ4n) is 2.49. The molecule has 0 aromatic heterocycles. The number of hydrogen-bond acceptors (Lipinski definition) is 8. The van der Waals surface area contributed by atoms with Crippen LogP contribution >= 0.6 is 0 Å². The van der Waals surface area contributed by atoms with Crippen LogP contribution in [0.5, 0.6) is 0 Å². The largest absolute Gasteiger partial charge is 0.369 e. The smallest absolute Gasteiger partial charge is 0.330 e. The Morgan fingerprint density at radius 3 is 1.29 bits per heavy atom. The fourth-order valence-corrected chi connectivity index (χ4v) is 2.49. The molecule has 8 amide bonds. The molecule has 0 aromatic rings. The Hall–Kier alpha value is -2.86. The molecule has 2 rings (SSSR count). The van der Waals surface area contributed by atoms with Gasteiger partial charge in [-0.1, -0.05) is 0 Å². The number of likely N-dealkylation sites (N-methyl/N-ethyl adjacent to an activating group) is 2. The van der Waals surface area contributed by atoms with Gasteiger partial charge in [-0.2, -0.15) is 0 Å². The summed E-state index contributed by atoms with van der Waals surface area (Å²) in [4.78, 5) is 72.7. The molecule has 0 saturated carbocycles. The summed E-state index contributed by atoms with van der Waals surface area (Å²) < 4.78 is 0. The number of carbonyl (C=O) groups is 6. The second-order valence-electron chi connectivity index (χ2n) is 5.04. The number of barbiturate groups is 2. The summed E-state index contributed by atoms with van der Waals surface area (Å²) >= 11 is 0. The highest BCUT2D eigenvalue weighted by atomic mass is 16.4. The topological polar surface area (TPSA) is 173 Å². The van der Waals surface area contributed by atoms with Gasteiger partial charge in [0.2, 0.25) is 0 Å². The first-order chi connectivity index (χ1) is 11.1. The fraction of sp³-hybridized carbons (Fsp3) is 0.500. The Morgan fingerprint density at radius 1 is 0.750 bits per heavy atom. The standard InChI is InChI=1S/C12H14N4O8/c1-3-15-7(19)11(23,5(17)13-9(15)21)12(24)6(18)14-10(22)16(4-2)8(12)20/h23-24H,3-4H2,1-2H3,(H,13,17,21)(H,14,18,22). The van der Waals surface area contributed by atoms with Crippen LogP contribution in [0, 0.1) is 0 Å². The highest BCUT2D eigenvalue weighted by molar-refractivity contribution is 6.33. The minimum Gasteiger partial charge on any atom is -0.369 e. The molecule has 12 nitrogen and oxygen atoms in total. The van der Waals surface area contributed by atoms with Crippen LogP contribution in [0.3, 0.4) is 0 Å². The number of nitrogens with zero attached hydrogens (tertiary/aromatic N) is 2. The Kier molecular flexibility index (Phi) is 3.90. The van der Waals surface area contributed by atoms with Crippen molar-refractivity contribution in [2.24, 2.45) is 0 Å². The Balaban J connectivity index is 2.64. The maximum atomic E-state index is 12.4. The number of rotatable bonds is 3. The number of urea groups is 2. The lowest BCUT2D eigenvalue weighted by Crippen LogP contribution is -2.84. The first-order valence-electron chi connectivity index (χ1n) is 6.86. The van der Waals surface area contributed by atoms with Crippen molar-refractivity contribution in [3.8, 4) is 0 Å². The summed E-state index contributed by atoms with van der Waals surface area (Å²) in [5, 5.41) is 24.2. The van der Waals surface area contributed by atoms with Crippen molar-refractivity contribution in [1.29, 1.82) is 0 Å². The molecule has 2 atom stereocenters. The Morgan fingerprint density at radius 2 is 1.04 bits per heavy atom. The Bertz CT molecular complexity index is 633. The molecular weight excluding hydrogens is 328 g/mol. The third-order valence-electron chi connectivity index (χ3n) is 3.85. The van der Waals surface area contributed by atoms with Gasteiger partial charge in [0.05, 0.1) is 0 Å². The number of amides is 8. The van der Waals surface area contributed by atoms with Crippen LogP contribution in [0.2, 0.25) is 0 Å². The molecule has 0 spiro atoms. The van der Waals surface area contributed by atoms with E-state index in [0.29, 0.717) is 9.80 Å². The van der Waals surface area contributed by atoms with Gasteiger partial charge >= 0.3 is 12.1 Å². The molecule has 0 aliphatic carbocycles. The average molecular weight is 342 g/mol. The monoisotopic (exact) mass is 342 g/mol. The van der Waals surface area contributed by atoms with Crippen LogP contribution in [0.15, 0.2) is 0 Å². The molecule has 2 unspecified atom stereocenters. The SMILES string of the molecule is CCN1C(=O)NC(=O)C(O)(C2(O)C(=O)NC(=O)N(CC)C2=O)C1=O. The van der Waals surface area contributed by atoms with Crippen LogP contribution < -0.4 is 10.6 Å². The van der Waals surface area contributed by atoms with Gasteiger partial charge in [0.15, 0.2) is 0 Å². The second kappa shape index (κ2) is 5.35. The lowest BCUT2D eigenvalue weighted by molar-refractivity contribution is -0.204. The van der Waals surface area contributed by atoms with E-state index >= 15 is 0 Å². The van der Waals surface area contributed by atoms with E-state index in [1.165, 1.54) is 13.8 Å². The number of nitrogens with one attached hydrogen (secondary N) is 2. The molecule has 2 saturated heterocycles. The second-order valence-corrected chi connectivity index (χ2v) is 5.04. The van der Waals surface area contributed by atoms with E-state index in [1.807, 2.05) is 0 Å². The van der Waals surface area contributed by atoms with Crippen LogP contribution in [-0.2, 0) is 19.2 Å². The van der Waals surface area contributed by atoms with Crippen molar-refractivity contribution in [2.45, 2.75) is 25.0 Å². The molecule has 2 heterocycles. The van der Waals surface area contributed by atoms with Gasteiger partial charge in [-0.3, -0.25) is 39.6 Å². The highest BCUT2D eigenvalue weighted by Gasteiger charge is 2.74. The van der Waals surface area contributed by atoms with Crippen LogP contribution in [0.1, 0.15) is 13.8 Å². The number of aliphatic hydroxyl groups is 2. The average Bonchev–Trinajstić information content (AvgIpc) is 2.51. The summed E-state index contributed by atoms with van der Waals surface area (Å²) in [6, 6.07) is -2.37. The summed E-state index contributed by atoms with van der Waals surface area (Å²) in [5.41, 5.74) is -7.24. The zero-order chi connectivity index (χ0) is 18.4. The van der Waals surface area contributed by atoms with Gasteiger partial charge in [-0.25, -0.2) is 9.59 Å². The van der Waals surface area contributed by atoms with Crippen molar-refractivity contribution in [2.75, 3.05) is 13.1 Å². The summed E-state index contributed by atoms with van der Waals surface area (Å²) in [7, 11) is 0. The number of carbonyl (C=O) groups excluding carboxylic acids is 6. The molecule has 2 aliphatic heterocycles. The minimum absolute atomic E-state index is 0.317. The Labute approximate surface area is 134 Å². The lowest BCUT2D eigenvalue weighted by Gasteiger charge is -2.45. The summed E-state index contributed by atoms with van der Waals surface area (Å²) in [6.07, 6.45) is 0.